The molecule has 20 heavy (non-hydrogen) atoms. The number of hydrogen-bond donors (Lipinski definition) is 0. The van der Waals surface area contributed by atoms with Crippen molar-refractivity contribution in [3.63, 3.8) is 0 Å². The van der Waals surface area contributed by atoms with Gasteiger partial charge in [-0.05, 0) is 48.8 Å². The summed E-state index contributed by atoms with van der Waals surface area (Å²) in [6.45, 7) is 11.2. The van der Waals surface area contributed by atoms with Gasteiger partial charge in [0.1, 0.15) is 5.69 Å². The van der Waals surface area contributed by atoms with Gasteiger partial charge in [-0.2, -0.15) is 0 Å². The number of amides is 1. The highest BCUT2D eigenvalue weighted by Crippen LogP contribution is 2.21. The molecule has 0 spiro atoms. The van der Waals surface area contributed by atoms with Gasteiger partial charge in [0.2, 0.25) is 0 Å². The smallest absolute Gasteiger partial charge is 0.270 e. The van der Waals surface area contributed by atoms with E-state index in [1.54, 1.807) is 0 Å². The summed E-state index contributed by atoms with van der Waals surface area (Å²) in [5.74, 6) is 0.153. The molecule has 1 fully saturated rings. The van der Waals surface area contributed by atoms with E-state index in [2.05, 4.69) is 41.6 Å². The molecule has 0 bridgehead atoms. The summed E-state index contributed by atoms with van der Waals surface area (Å²) in [5.41, 5.74) is 0.788. The molecule has 0 aliphatic carbocycles. The van der Waals surface area contributed by atoms with Crippen LogP contribution in [0.5, 0.6) is 0 Å². The molecule has 0 aromatic carbocycles. The van der Waals surface area contributed by atoms with Crippen molar-refractivity contribution in [1.29, 1.82) is 0 Å². The molecule has 0 radical (unpaired) electrons. The zero-order valence-corrected chi connectivity index (χ0v) is 14.2. The number of aromatic nitrogens is 1. The van der Waals surface area contributed by atoms with E-state index in [4.69, 9.17) is 0 Å². The van der Waals surface area contributed by atoms with Gasteiger partial charge in [0.25, 0.3) is 5.91 Å². The monoisotopic (exact) mass is 341 g/mol. The Morgan fingerprint density at radius 2 is 1.95 bits per heavy atom. The predicted molar refractivity (Wildman–Crippen MR) is 85.2 cm³/mol. The lowest BCUT2D eigenvalue weighted by molar-refractivity contribution is 0.0625. The normalized spacial score (nSPS) is 16.9. The first-order chi connectivity index (χ1) is 9.52. The van der Waals surface area contributed by atoms with E-state index in [0.717, 1.165) is 42.9 Å². The van der Waals surface area contributed by atoms with Gasteiger partial charge in [-0.25, -0.2) is 0 Å². The van der Waals surface area contributed by atoms with Crippen LogP contribution in [0, 0.1) is 0 Å². The third-order valence-corrected chi connectivity index (χ3v) is 4.22. The maximum absolute atomic E-state index is 12.7. The van der Waals surface area contributed by atoms with Gasteiger partial charge in [0.05, 0.1) is 0 Å². The van der Waals surface area contributed by atoms with Crippen molar-refractivity contribution < 1.29 is 4.79 Å². The molecule has 5 heteroatoms. The minimum atomic E-state index is 0.153. The summed E-state index contributed by atoms with van der Waals surface area (Å²) >= 11 is 3.47. The first-order valence-corrected chi connectivity index (χ1v) is 8.21. The lowest BCUT2D eigenvalue weighted by atomic mass is 10.2. The number of carbonyl (C=O) groups is 1. The van der Waals surface area contributed by atoms with E-state index < -0.39 is 0 Å². The van der Waals surface area contributed by atoms with Gasteiger partial charge in [-0.15, -0.1) is 0 Å². The molecule has 0 unspecified atom stereocenters. The largest absolute Gasteiger partial charge is 0.340 e. The van der Waals surface area contributed by atoms with E-state index in [-0.39, 0.29) is 5.91 Å². The zero-order valence-electron chi connectivity index (χ0n) is 12.6. The Labute approximate surface area is 129 Å². The Hall–Kier alpha value is -0.810. The minimum absolute atomic E-state index is 0.153. The predicted octanol–water partition coefficient (Wildman–Crippen LogP) is 3.00. The fourth-order valence-electron chi connectivity index (χ4n) is 2.70. The highest BCUT2D eigenvalue weighted by molar-refractivity contribution is 9.10. The number of rotatable bonds is 4. The number of carbonyl (C=O) groups excluding carboxylic acids is 1. The van der Waals surface area contributed by atoms with Crippen LogP contribution in [0.3, 0.4) is 0 Å². The first-order valence-electron chi connectivity index (χ1n) is 7.42. The molecule has 1 aliphatic rings. The zero-order chi connectivity index (χ0) is 14.7. The van der Waals surface area contributed by atoms with Gasteiger partial charge in [0.15, 0.2) is 0 Å². The molecule has 1 saturated heterocycles. The molecule has 2 rings (SSSR count). The van der Waals surface area contributed by atoms with E-state index in [9.17, 15) is 4.79 Å². The molecule has 1 amide bonds. The lowest BCUT2D eigenvalue weighted by Crippen LogP contribution is -2.49. The summed E-state index contributed by atoms with van der Waals surface area (Å²) < 4.78 is 3.02. The fraction of sp³-hybridized carbons (Fsp3) is 0.667. The third-order valence-electron chi connectivity index (χ3n) is 3.79. The van der Waals surface area contributed by atoms with E-state index in [1.165, 1.54) is 6.42 Å². The van der Waals surface area contributed by atoms with E-state index in [0.29, 0.717) is 6.04 Å². The number of hydrogen-bond acceptors (Lipinski definition) is 2. The van der Waals surface area contributed by atoms with Crippen LogP contribution in [-0.2, 0) is 0 Å². The Morgan fingerprint density at radius 3 is 2.50 bits per heavy atom. The summed E-state index contributed by atoms with van der Waals surface area (Å²) in [7, 11) is 0. The number of piperazine rings is 1. The molecule has 0 N–H and O–H groups in total. The molecule has 0 atom stereocenters. The Kier molecular flexibility index (Phi) is 5.27. The minimum Gasteiger partial charge on any atom is -0.340 e. The average molecular weight is 342 g/mol. The van der Waals surface area contributed by atoms with Crippen LogP contribution in [0.1, 0.15) is 43.7 Å². The van der Waals surface area contributed by atoms with Crippen LogP contribution in [0.2, 0.25) is 0 Å². The highest BCUT2D eigenvalue weighted by atomic mass is 79.9. The average Bonchev–Trinajstić information content (AvgIpc) is 2.81. The van der Waals surface area contributed by atoms with Gasteiger partial charge in [0, 0.05) is 42.9 Å². The molecule has 1 aromatic rings. The van der Waals surface area contributed by atoms with Crippen molar-refractivity contribution in [2.24, 2.45) is 0 Å². The second-order valence-corrected chi connectivity index (χ2v) is 6.59. The maximum Gasteiger partial charge on any atom is 0.270 e. The summed E-state index contributed by atoms with van der Waals surface area (Å²) in [6, 6.07) is 2.22. The van der Waals surface area contributed by atoms with Crippen molar-refractivity contribution >= 4 is 21.8 Å². The lowest BCUT2D eigenvalue weighted by Gasteiger charge is -2.34. The third kappa shape index (κ3) is 3.44. The second-order valence-electron chi connectivity index (χ2n) is 5.68. The van der Waals surface area contributed by atoms with Crippen LogP contribution in [0.25, 0.3) is 0 Å². The molecular formula is C15H24BrN3O. The Bertz CT molecular complexity index is 462. The molecule has 112 valence electrons. The standard InChI is InChI=1S/C15H24BrN3O/c1-4-5-17-6-8-18(9-7-17)15(20)14-10-13(16)11-19(14)12(2)3/h10-12H,4-9H2,1-3H3. The van der Waals surface area contributed by atoms with Crippen LogP contribution in [-0.4, -0.2) is 53.0 Å². The molecule has 1 aliphatic heterocycles. The van der Waals surface area contributed by atoms with Gasteiger partial charge < -0.3 is 9.47 Å². The van der Waals surface area contributed by atoms with Crippen molar-refractivity contribution in [2.75, 3.05) is 32.7 Å². The van der Waals surface area contributed by atoms with E-state index in [1.807, 2.05) is 21.7 Å². The van der Waals surface area contributed by atoms with Crippen LogP contribution >= 0.6 is 15.9 Å². The van der Waals surface area contributed by atoms with Gasteiger partial charge in [-0.3, -0.25) is 9.69 Å². The topological polar surface area (TPSA) is 28.5 Å². The molecule has 1 aromatic heterocycles. The highest BCUT2D eigenvalue weighted by Gasteiger charge is 2.24. The van der Waals surface area contributed by atoms with Gasteiger partial charge in [-0.1, -0.05) is 6.92 Å². The molecule has 4 nitrogen and oxygen atoms in total. The van der Waals surface area contributed by atoms with Crippen LogP contribution < -0.4 is 0 Å². The summed E-state index contributed by atoms with van der Waals surface area (Å²) in [6.07, 6.45) is 3.17. The van der Waals surface area contributed by atoms with Crippen molar-refractivity contribution in [1.82, 2.24) is 14.4 Å². The quantitative estimate of drug-likeness (QED) is 0.842. The maximum atomic E-state index is 12.7. The molecular weight excluding hydrogens is 318 g/mol. The Balaban J connectivity index is 2.05. The van der Waals surface area contributed by atoms with Crippen molar-refractivity contribution in [3.05, 3.63) is 22.4 Å². The summed E-state index contributed by atoms with van der Waals surface area (Å²) in [5, 5.41) is 0. The van der Waals surface area contributed by atoms with Crippen LogP contribution in [0.15, 0.2) is 16.7 Å². The number of nitrogens with zero attached hydrogens (tertiary/aromatic N) is 3. The van der Waals surface area contributed by atoms with Crippen molar-refractivity contribution in [3.8, 4) is 0 Å². The van der Waals surface area contributed by atoms with E-state index >= 15 is 0 Å². The second kappa shape index (κ2) is 6.76. The fourth-order valence-corrected chi connectivity index (χ4v) is 3.13. The van der Waals surface area contributed by atoms with Gasteiger partial charge >= 0.3 is 0 Å². The van der Waals surface area contributed by atoms with Crippen LogP contribution in [0.4, 0.5) is 0 Å². The molecule has 0 saturated carbocycles. The Morgan fingerprint density at radius 1 is 1.30 bits per heavy atom. The molecule has 2 heterocycles. The summed E-state index contributed by atoms with van der Waals surface area (Å²) in [4.78, 5) is 17.1. The van der Waals surface area contributed by atoms with Crippen molar-refractivity contribution in [2.45, 2.75) is 33.2 Å². The SMILES string of the molecule is CCCN1CCN(C(=O)c2cc(Br)cn2C(C)C)CC1. The first kappa shape index (κ1) is 15.6. The number of halogens is 1.